The molecule has 1 saturated heterocycles. The van der Waals surface area contributed by atoms with E-state index < -0.39 is 9.84 Å². The van der Waals surface area contributed by atoms with E-state index in [1.165, 1.54) is 0 Å². The highest BCUT2D eigenvalue weighted by Crippen LogP contribution is 2.27. The molecule has 7 heteroatoms. The largest absolute Gasteiger partial charge is 0.462 e. The monoisotopic (exact) mass is 375 g/mol. The number of rotatable bonds is 4. The van der Waals surface area contributed by atoms with Crippen molar-refractivity contribution >= 4 is 37.4 Å². The van der Waals surface area contributed by atoms with Gasteiger partial charge in [-0.05, 0) is 53.9 Å². The fraction of sp³-hybridized carbons (Fsp3) is 0.500. The van der Waals surface area contributed by atoms with E-state index in [1.54, 1.807) is 25.1 Å². The van der Waals surface area contributed by atoms with Crippen LogP contribution in [0.15, 0.2) is 22.7 Å². The third-order valence-corrected chi connectivity index (χ3v) is 5.77. The molecule has 2 rings (SSSR count). The summed E-state index contributed by atoms with van der Waals surface area (Å²) in [6, 6.07) is 5.35. The van der Waals surface area contributed by atoms with E-state index in [0.717, 1.165) is 10.2 Å². The van der Waals surface area contributed by atoms with Crippen LogP contribution >= 0.6 is 15.9 Å². The fourth-order valence-electron chi connectivity index (χ4n) is 2.23. The lowest BCUT2D eigenvalue weighted by atomic mass is 10.1. The Bertz CT molecular complexity index is 616. The molecule has 0 spiro atoms. The van der Waals surface area contributed by atoms with Crippen LogP contribution in [0.3, 0.4) is 0 Å². The van der Waals surface area contributed by atoms with Crippen LogP contribution in [0.25, 0.3) is 0 Å². The average Bonchev–Trinajstić information content (AvgIpc) is 2.43. The van der Waals surface area contributed by atoms with Crippen LogP contribution in [0.5, 0.6) is 0 Å². The van der Waals surface area contributed by atoms with E-state index >= 15 is 0 Å². The summed E-state index contributed by atoms with van der Waals surface area (Å²) in [5, 5.41) is 3.32. The number of nitrogens with one attached hydrogen (secondary N) is 1. The topological polar surface area (TPSA) is 72.5 Å². The molecule has 1 fully saturated rings. The molecule has 1 aromatic carbocycles. The molecular weight excluding hydrogens is 358 g/mol. The Labute approximate surface area is 133 Å². The standard InChI is InChI=1S/C14H18BrNO4S/c1-2-20-14(17)10-3-4-13(12(15)9-10)16-11-5-7-21(18,19)8-6-11/h3-4,9,11,16H,2,5-8H2,1H3. The Kier molecular flexibility index (Phi) is 5.27. The van der Waals surface area contributed by atoms with Gasteiger partial charge in [-0.1, -0.05) is 0 Å². The number of halogens is 1. The Morgan fingerprint density at radius 1 is 1.38 bits per heavy atom. The fourth-order valence-corrected chi connectivity index (χ4v) is 4.21. The number of anilines is 1. The third kappa shape index (κ3) is 4.44. The minimum atomic E-state index is -2.86. The number of hydrogen-bond donors (Lipinski definition) is 1. The summed E-state index contributed by atoms with van der Waals surface area (Å²) >= 11 is 3.43. The average molecular weight is 376 g/mol. The molecule has 0 aliphatic carbocycles. The van der Waals surface area contributed by atoms with Crippen LogP contribution in [0.1, 0.15) is 30.1 Å². The Morgan fingerprint density at radius 3 is 2.62 bits per heavy atom. The van der Waals surface area contributed by atoms with E-state index in [-0.39, 0.29) is 23.5 Å². The van der Waals surface area contributed by atoms with Gasteiger partial charge in [0.1, 0.15) is 9.84 Å². The maximum atomic E-state index is 11.6. The van der Waals surface area contributed by atoms with Gasteiger partial charge in [-0.2, -0.15) is 0 Å². The second-order valence-corrected chi connectivity index (χ2v) is 8.14. The molecule has 0 saturated carbocycles. The van der Waals surface area contributed by atoms with Crippen molar-refractivity contribution in [3.8, 4) is 0 Å². The van der Waals surface area contributed by atoms with Crippen molar-refractivity contribution < 1.29 is 17.9 Å². The van der Waals surface area contributed by atoms with Crippen molar-refractivity contribution in [3.63, 3.8) is 0 Å². The summed E-state index contributed by atoms with van der Waals surface area (Å²) in [5.41, 5.74) is 1.34. The highest BCUT2D eigenvalue weighted by atomic mass is 79.9. The van der Waals surface area contributed by atoms with E-state index in [4.69, 9.17) is 4.74 Å². The molecule has 1 aromatic rings. The molecule has 0 atom stereocenters. The molecule has 0 amide bonds. The Morgan fingerprint density at radius 2 is 2.05 bits per heavy atom. The molecule has 1 aliphatic rings. The van der Waals surface area contributed by atoms with Gasteiger partial charge in [0.15, 0.2) is 0 Å². The number of sulfone groups is 1. The normalized spacial score (nSPS) is 18.2. The van der Waals surface area contributed by atoms with Gasteiger partial charge in [0, 0.05) is 16.2 Å². The van der Waals surface area contributed by atoms with Gasteiger partial charge in [0.25, 0.3) is 0 Å². The van der Waals surface area contributed by atoms with E-state index in [2.05, 4.69) is 21.2 Å². The molecule has 0 radical (unpaired) electrons. The van der Waals surface area contributed by atoms with E-state index in [1.807, 2.05) is 0 Å². The first-order valence-electron chi connectivity index (χ1n) is 6.85. The van der Waals surface area contributed by atoms with Gasteiger partial charge >= 0.3 is 5.97 Å². The first-order chi connectivity index (χ1) is 9.91. The number of carbonyl (C=O) groups is 1. The van der Waals surface area contributed by atoms with Crippen molar-refractivity contribution in [2.24, 2.45) is 0 Å². The van der Waals surface area contributed by atoms with Gasteiger partial charge in [0.05, 0.1) is 23.7 Å². The van der Waals surface area contributed by atoms with Crippen LogP contribution in [0.4, 0.5) is 5.69 Å². The molecule has 1 heterocycles. The zero-order valence-corrected chi connectivity index (χ0v) is 14.2. The highest BCUT2D eigenvalue weighted by Gasteiger charge is 2.23. The molecule has 21 heavy (non-hydrogen) atoms. The molecule has 0 aromatic heterocycles. The number of carbonyl (C=O) groups excluding carboxylic acids is 1. The minimum Gasteiger partial charge on any atom is -0.462 e. The van der Waals surface area contributed by atoms with Crippen LogP contribution in [-0.2, 0) is 14.6 Å². The molecule has 5 nitrogen and oxygen atoms in total. The lowest BCUT2D eigenvalue weighted by Gasteiger charge is -2.24. The van der Waals surface area contributed by atoms with Crippen molar-refractivity contribution in [3.05, 3.63) is 28.2 Å². The highest BCUT2D eigenvalue weighted by molar-refractivity contribution is 9.10. The maximum Gasteiger partial charge on any atom is 0.338 e. The molecule has 116 valence electrons. The summed E-state index contributed by atoms with van der Waals surface area (Å²) in [4.78, 5) is 11.6. The van der Waals surface area contributed by atoms with Crippen LogP contribution < -0.4 is 5.32 Å². The van der Waals surface area contributed by atoms with Crippen LogP contribution in [-0.4, -0.2) is 38.5 Å². The maximum absolute atomic E-state index is 11.6. The summed E-state index contributed by atoms with van der Waals surface area (Å²) in [6.07, 6.45) is 1.21. The summed E-state index contributed by atoms with van der Waals surface area (Å²) in [7, 11) is -2.86. The van der Waals surface area contributed by atoms with Gasteiger partial charge in [-0.25, -0.2) is 13.2 Å². The molecule has 0 bridgehead atoms. The zero-order chi connectivity index (χ0) is 15.5. The van der Waals surface area contributed by atoms with Gasteiger partial charge in [-0.15, -0.1) is 0 Å². The van der Waals surface area contributed by atoms with Gasteiger partial charge in [-0.3, -0.25) is 0 Å². The first kappa shape index (κ1) is 16.3. The SMILES string of the molecule is CCOC(=O)c1ccc(NC2CCS(=O)(=O)CC2)c(Br)c1. The second-order valence-electron chi connectivity index (χ2n) is 4.99. The van der Waals surface area contributed by atoms with Crippen LogP contribution in [0, 0.1) is 0 Å². The van der Waals surface area contributed by atoms with Gasteiger partial charge < -0.3 is 10.1 Å². The quantitative estimate of drug-likeness (QED) is 0.818. The number of esters is 1. The number of ether oxygens (including phenoxy) is 1. The molecule has 1 N–H and O–H groups in total. The number of hydrogen-bond acceptors (Lipinski definition) is 5. The van der Waals surface area contributed by atoms with Crippen molar-refractivity contribution in [1.82, 2.24) is 0 Å². The summed E-state index contributed by atoms with van der Waals surface area (Å²) in [6.45, 7) is 2.10. The van der Waals surface area contributed by atoms with Crippen molar-refractivity contribution in [2.45, 2.75) is 25.8 Å². The molecule has 1 aliphatic heterocycles. The third-order valence-electron chi connectivity index (χ3n) is 3.39. The lowest BCUT2D eigenvalue weighted by molar-refractivity contribution is 0.0526. The van der Waals surface area contributed by atoms with Crippen molar-refractivity contribution in [2.75, 3.05) is 23.4 Å². The summed E-state index contributed by atoms with van der Waals surface area (Å²) < 4.78 is 28.5. The molecule has 0 unspecified atom stereocenters. The summed E-state index contributed by atoms with van der Waals surface area (Å²) in [5.74, 6) is 0.0976. The predicted octanol–water partition coefficient (Wildman–Crippen LogP) is 2.61. The Hall–Kier alpha value is -1.08. The molecular formula is C14H18BrNO4S. The number of benzene rings is 1. The smallest absolute Gasteiger partial charge is 0.338 e. The van der Waals surface area contributed by atoms with E-state index in [0.29, 0.717) is 25.0 Å². The minimum absolute atomic E-state index is 0.137. The first-order valence-corrected chi connectivity index (χ1v) is 9.46. The predicted molar refractivity (Wildman–Crippen MR) is 85.4 cm³/mol. The second kappa shape index (κ2) is 6.79. The Balaban J connectivity index is 2.03. The van der Waals surface area contributed by atoms with Crippen molar-refractivity contribution in [1.29, 1.82) is 0 Å². The van der Waals surface area contributed by atoms with Gasteiger partial charge in [0.2, 0.25) is 0 Å². The van der Waals surface area contributed by atoms with E-state index in [9.17, 15) is 13.2 Å². The zero-order valence-electron chi connectivity index (χ0n) is 11.8. The lowest BCUT2D eigenvalue weighted by Crippen LogP contribution is -2.32. The van der Waals surface area contributed by atoms with Crippen LogP contribution in [0.2, 0.25) is 0 Å².